The van der Waals surface area contributed by atoms with Crippen molar-refractivity contribution in [3.05, 3.63) is 17.0 Å². The van der Waals surface area contributed by atoms with Gasteiger partial charge in [0, 0.05) is 59.7 Å². The van der Waals surface area contributed by atoms with Gasteiger partial charge in [-0.05, 0) is 32.1 Å². The molecule has 0 radical (unpaired) electrons. The number of nitrogens with one attached hydrogen (secondary N) is 2. The minimum absolute atomic E-state index is 0.320. The molecule has 1 aliphatic rings. The molecule has 26 heavy (non-hydrogen) atoms. The molecule has 1 aromatic heterocycles. The Labute approximate surface area is 160 Å². The first kappa shape index (κ1) is 20.9. The van der Waals surface area contributed by atoms with Crippen LogP contribution in [0.3, 0.4) is 0 Å². The van der Waals surface area contributed by atoms with Gasteiger partial charge in [-0.3, -0.25) is 13.9 Å². The van der Waals surface area contributed by atoms with Crippen LogP contribution in [0.15, 0.2) is 4.99 Å². The summed E-state index contributed by atoms with van der Waals surface area (Å²) in [6.07, 6.45) is 6.21. The maximum absolute atomic E-state index is 12.2. The lowest BCUT2D eigenvalue weighted by atomic mass is 9.95. The lowest BCUT2D eigenvalue weighted by Crippen LogP contribution is -2.46. The fraction of sp³-hybridized carbons (Fsp3) is 0.789. The minimum Gasteiger partial charge on any atom is -0.354 e. The lowest BCUT2D eigenvalue weighted by Gasteiger charge is -2.30. The third kappa shape index (κ3) is 5.09. The molecule has 1 fully saturated rings. The van der Waals surface area contributed by atoms with Crippen LogP contribution >= 0.6 is 0 Å². The van der Waals surface area contributed by atoms with Gasteiger partial charge in [-0.25, -0.2) is 0 Å². The Bertz CT molecular complexity index is 640. The van der Waals surface area contributed by atoms with Crippen molar-refractivity contribution in [2.75, 3.05) is 12.8 Å². The predicted molar refractivity (Wildman–Crippen MR) is 110 cm³/mol. The van der Waals surface area contributed by atoms with Crippen molar-refractivity contribution < 1.29 is 4.21 Å². The standard InChI is InChI=1S/C19H35N5OS/c1-6-17-16(18(7-2)24(5)23-17)13-21-19(20-4)22-14-10-9-11-15(12-14)26(25)8-3/h14-15H,6-13H2,1-5H3,(H2,20,21,22). The third-order valence-electron chi connectivity index (χ3n) is 5.31. The van der Waals surface area contributed by atoms with Crippen LogP contribution in [0.25, 0.3) is 0 Å². The first-order chi connectivity index (χ1) is 12.5. The van der Waals surface area contributed by atoms with Crippen LogP contribution in [0.5, 0.6) is 0 Å². The normalized spacial score (nSPS) is 22.3. The molecule has 2 N–H and O–H groups in total. The molecule has 1 aliphatic carbocycles. The van der Waals surface area contributed by atoms with Gasteiger partial charge in [0.2, 0.25) is 0 Å². The van der Waals surface area contributed by atoms with Gasteiger partial charge in [0.1, 0.15) is 0 Å². The Morgan fingerprint density at radius 1 is 1.31 bits per heavy atom. The van der Waals surface area contributed by atoms with Crippen molar-refractivity contribution in [2.24, 2.45) is 12.0 Å². The van der Waals surface area contributed by atoms with Crippen molar-refractivity contribution in [1.82, 2.24) is 20.4 Å². The second kappa shape index (κ2) is 10.1. The first-order valence-corrected chi connectivity index (χ1v) is 11.3. The molecule has 0 bridgehead atoms. The highest BCUT2D eigenvalue weighted by molar-refractivity contribution is 7.85. The van der Waals surface area contributed by atoms with Gasteiger partial charge in [0.25, 0.3) is 0 Å². The molecular weight excluding hydrogens is 346 g/mol. The highest BCUT2D eigenvalue weighted by Gasteiger charge is 2.26. The van der Waals surface area contributed by atoms with Gasteiger partial charge in [-0.2, -0.15) is 5.10 Å². The van der Waals surface area contributed by atoms with Crippen LogP contribution in [0.4, 0.5) is 0 Å². The fourth-order valence-electron chi connectivity index (χ4n) is 3.90. The summed E-state index contributed by atoms with van der Waals surface area (Å²) in [4.78, 5) is 4.40. The molecule has 1 aromatic rings. The van der Waals surface area contributed by atoms with E-state index in [-0.39, 0.29) is 0 Å². The lowest BCUT2D eigenvalue weighted by molar-refractivity contribution is 0.413. The third-order valence-corrected chi connectivity index (χ3v) is 7.05. The first-order valence-electron chi connectivity index (χ1n) is 9.91. The topological polar surface area (TPSA) is 71.3 Å². The summed E-state index contributed by atoms with van der Waals surface area (Å²) >= 11 is 0. The number of nitrogens with zero attached hydrogens (tertiary/aromatic N) is 3. The summed E-state index contributed by atoms with van der Waals surface area (Å²) in [6.45, 7) is 7.06. The van der Waals surface area contributed by atoms with Gasteiger partial charge < -0.3 is 10.6 Å². The Morgan fingerprint density at radius 3 is 2.69 bits per heavy atom. The second-order valence-electron chi connectivity index (χ2n) is 6.93. The van der Waals surface area contributed by atoms with Crippen molar-refractivity contribution in [3.8, 4) is 0 Å². The SMILES string of the molecule is CCc1nn(C)c(CC)c1CNC(=NC)NC1CCCC(S(=O)CC)C1. The number of guanidine groups is 1. The number of aliphatic imine (C=N–C) groups is 1. The quantitative estimate of drug-likeness (QED) is 0.561. The molecule has 0 aliphatic heterocycles. The van der Waals surface area contributed by atoms with Crippen LogP contribution in [-0.2, 0) is 37.2 Å². The Morgan fingerprint density at radius 2 is 2.08 bits per heavy atom. The molecule has 3 unspecified atom stereocenters. The molecule has 7 heteroatoms. The molecule has 0 saturated heterocycles. The van der Waals surface area contributed by atoms with E-state index in [1.807, 2.05) is 25.7 Å². The van der Waals surface area contributed by atoms with Gasteiger partial charge in [-0.15, -0.1) is 0 Å². The van der Waals surface area contributed by atoms with E-state index < -0.39 is 10.8 Å². The van der Waals surface area contributed by atoms with Crippen molar-refractivity contribution in [1.29, 1.82) is 0 Å². The molecule has 2 rings (SSSR count). The van der Waals surface area contributed by atoms with E-state index in [0.29, 0.717) is 11.3 Å². The van der Waals surface area contributed by atoms with Crippen LogP contribution in [0.1, 0.15) is 63.4 Å². The number of hydrogen-bond acceptors (Lipinski definition) is 3. The highest BCUT2D eigenvalue weighted by atomic mass is 32.2. The molecule has 148 valence electrons. The zero-order valence-corrected chi connectivity index (χ0v) is 17.8. The Kier molecular flexibility index (Phi) is 8.13. The predicted octanol–water partition coefficient (Wildman–Crippen LogP) is 2.29. The van der Waals surface area contributed by atoms with Crippen LogP contribution in [0, 0.1) is 0 Å². The van der Waals surface area contributed by atoms with E-state index in [1.165, 1.54) is 11.3 Å². The zero-order valence-electron chi connectivity index (χ0n) is 17.0. The smallest absolute Gasteiger partial charge is 0.191 e. The van der Waals surface area contributed by atoms with E-state index in [4.69, 9.17) is 0 Å². The van der Waals surface area contributed by atoms with Gasteiger partial charge in [0.15, 0.2) is 5.96 Å². The minimum atomic E-state index is -0.702. The van der Waals surface area contributed by atoms with Gasteiger partial charge >= 0.3 is 0 Å². The van der Waals surface area contributed by atoms with Crippen LogP contribution in [0.2, 0.25) is 0 Å². The van der Waals surface area contributed by atoms with Gasteiger partial charge in [0.05, 0.1) is 5.69 Å². The number of rotatable bonds is 7. The molecule has 0 amide bonds. The van der Waals surface area contributed by atoms with Gasteiger partial charge in [-0.1, -0.05) is 27.2 Å². The summed E-state index contributed by atoms with van der Waals surface area (Å²) in [5.74, 6) is 1.58. The summed E-state index contributed by atoms with van der Waals surface area (Å²) in [5, 5.41) is 12.0. The van der Waals surface area contributed by atoms with Crippen LogP contribution in [-0.4, -0.2) is 44.0 Å². The molecule has 6 nitrogen and oxygen atoms in total. The van der Waals surface area contributed by atoms with E-state index in [0.717, 1.165) is 62.5 Å². The van der Waals surface area contributed by atoms with E-state index in [2.05, 4.69) is 34.6 Å². The van der Waals surface area contributed by atoms with E-state index >= 15 is 0 Å². The zero-order chi connectivity index (χ0) is 19.1. The van der Waals surface area contributed by atoms with Crippen molar-refractivity contribution in [2.45, 2.75) is 77.1 Å². The summed E-state index contributed by atoms with van der Waals surface area (Å²) in [5.41, 5.74) is 3.72. The maximum Gasteiger partial charge on any atom is 0.191 e. The number of hydrogen-bond donors (Lipinski definition) is 2. The average molecular weight is 382 g/mol. The molecular formula is C19H35N5OS. The summed E-state index contributed by atoms with van der Waals surface area (Å²) in [6, 6.07) is 0.348. The molecule has 1 saturated carbocycles. The molecule has 0 spiro atoms. The highest BCUT2D eigenvalue weighted by Crippen LogP contribution is 2.23. The second-order valence-corrected chi connectivity index (χ2v) is 8.93. The van der Waals surface area contributed by atoms with E-state index in [1.54, 1.807) is 0 Å². The van der Waals surface area contributed by atoms with Crippen molar-refractivity contribution >= 4 is 16.8 Å². The largest absolute Gasteiger partial charge is 0.354 e. The Balaban J connectivity index is 1.97. The monoisotopic (exact) mass is 381 g/mol. The summed E-state index contributed by atoms with van der Waals surface area (Å²) < 4.78 is 14.1. The van der Waals surface area contributed by atoms with Crippen LogP contribution < -0.4 is 10.6 Å². The maximum atomic E-state index is 12.2. The molecule has 0 aromatic carbocycles. The summed E-state index contributed by atoms with van der Waals surface area (Å²) in [7, 11) is 3.13. The fourth-order valence-corrected chi connectivity index (χ4v) is 5.25. The number of aryl methyl sites for hydroxylation is 2. The number of aromatic nitrogens is 2. The van der Waals surface area contributed by atoms with Crippen molar-refractivity contribution in [3.63, 3.8) is 0 Å². The average Bonchev–Trinajstić information content (AvgIpc) is 2.99. The molecule has 3 atom stereocenters. The Hall–Kier alpha value is -1.37. The van der Waals surface area contributed by atoms with E-state index in [9.17, 15) is 4.21 Å². The molecule has 1 heterocycles.